The van der Waals surface area contributed by atoms with Crippen LogP contribution in [0.3, 0.4) is 0 Å². The molecule has 4 amide bonds. The van der Waals surface area contributed by atoms with Crippen molar-refractivity contribution >= 4 is 62.7 Å². The third kappa shape index (κ3) is 8.52. The van der Waals surface area contributed by atoms with Crippen LogP contribution in [0.25, 0.3) is 21.7 Å². The Morgan fingerprint density at radius 3 is 2.35 bits per heavy atom. The van der Waals surface area contributed by atoms with Crippen LogP contribution in [-0.4, -0.2) is 88.0 Å². The van der Waals surface area contributed by atoms with Crippen LogP contribution in [0.15, 0.2) is 60.9 Å². The molecule has 13 nitrogen and oxygen atoms in total. The Labute approximate surface area is 304 Å². The summed E-state index contributed by atoms with van der Waals surface area (Å²) in [5.74, 6) is -0.341. The van der Waals surface area contributed by atoms with E-state index in [4.69, 9.17) is 9.47 Å². The molecule has 0 spiro atoms. The van der Waals surface area contributed by atoms with Gasteiger partial charge in [0.25, 0.3) is 0 Å². The van der Waals surface area contributed by atoms with E-state index in [-0.39, 0.29) is 11.8 Å². The smallest absolute Gasteiger partial charge is 0.410 e. The second-order valence-corrected chi connectivity index (χ2v) is 15.2. The maximum Gasteiger partial charge on any atom is 0.410 e. The predicted molar refractivity (Wildman–Crippen MR) is 202 cm³/mol. The molecule has 1 saturated heterocycles. The summed E-state index contributed by atoms with van der Waals surface area (Å²) in [6, 6.07) is 14.9. The zero-order valence-corrected chi connectivity index (χ0v) is 31.4. The molecule has 3 atom stereocenters. The molecule has 0 unspecified atom stereocenters. The number of hydrogen-bond donors (Lipinski definition) is 3. The summed E-state index contributed by atoms with van der Waals surface area (Å²) in [6.07, 6.45) is 1.85. The van der Waals surface area contributed by atoms with E-state index in [0.29, 0.717) is 47.5 Å². The second-order valence-electron chi connectivity index (χ2n) is 15.2. The number of rotatable bonds is 9. The van der Waals surface area contributed by atoms with Crippen molar-refractivity contribution in [3.05, 3.63) is 60.9 Å². The molecule has 276 valence electrons. The molecule has 0 aliphatic carbocycles. The molecule has 52 heavy (non-hydrogen) atoms. The van der Waals surface area contributed by atoms with Crippen LogP contribution in [0.2, 0.25) is 0 Å². The molecule has 1 aliphatic heterocycles. The second kappa shape index (κ2) is 15.0. The van der Waals surface area contributed by atoms with E-state index in [1.165, 1.54) is 30.3 Å². The zero-order valence-electron chi connectivity index (χ0n) is 31.4. The van der Waals surface area contributed by atoms with E-state index in [0.717, 1.165) is 16.5 Å². The molecule has 1 fully saturated rings. The van der Waals surface area contributed by atoms with Gasteiger partial charge in [-0.1, -0.05) is 51.1 Å². The Morgan fingerprint density at radius 1 is 0.962 bits per heavy atom. The first-order valence-electron chi connectivity index (χ1n) is 17.4. The summed E-state index contributed by atoms with van der Waals surface area (Å²) in [5.41, 5.74) is 0.401. The number of carbonyl (C=O) groups excluding carboxylic acids is 4. The van der Waals surface area contributed by atoms with Gasteiger partial charge in [0.1, 0.15) is 41.6 Å². The average molecular weight is 712 g/mol. The molecule has 4 aromatic rings. The number of anilines is 3. The highest BCUT2D eigenvalue weighted by Crippen LogP contribution is 2.35. The molecule has 0 radical (unpaired) electrons. The minimum Gasteiger partial charge on any atom is -0.494 e. The molecule has 3 aromatic carbocycles. The van der Waals surface area contributed by atoms with E-state index in [9.17, 15) is 19.2 Å². The number of fused-ring (bicyclic) bond motifs is 2. The standard InChI is InChI=1S/C39H49N7O6/c1-23(45(8)37(50)52-39(5,6)7)34(47)44-32(38(2,3)4)36(49)46-18-12-15-30(46)35(48)43-29-20-27-28(21-31(29)51-9)40-22-41-33(27)42-26-17-16-24-13-10-11-14-25(24)19-26/h10-11,13-14,16-17,19-23,30,32H,12,15,18H2,1-9H3,(H,43,48)(H,44,47)(H,40,41,42)/t23-,30-,32+/m0/s1. The number of nitrogens with one attached hydrogen (secondary N) is 3. The van der Waals surface area contributed by atoms with E-state index in [1.54, 1.807) is 39.8 Å². The quantitative estimate of drug-likeness (QED) is 0.183. The largest absolute Gasteiger partial charge is 0.494 e. The molecule has 5 rings (SSSR count). The highest BCUT2D eigenvalue weighted by molar-refractivity contribution is 6.03. The van der Waals surface area contributed by atoms with Crippen molar-refractivity contribution in [2.75, 3.05) is 31.3 Å². The molecular formula is C39H49N7O6. The minimum absolute atomic E-state index is 0.343. The van der Waals surface area contributed by atoms with E-state index < -0.39 is 41.1 Å². The van der Waals surface area contributed by atoms with Gasteiger partial charge in [-0.25, -0.2) is 14.8 Å². The number of amides is 4. The number of aromatic nitrogens is 2. The number of methoxy groups -OCH3 is 1. The number of likely N-dealkylation sites (tertiary alicyclic amines) is 1. The molecule has 0 bridgehead atoms. The lowest BCUT2D eigenvalue weighted by Crippen LogP contribution is -2.59. The third-order valence-corrected chi connectivity index (χ3v) is 9.11. The Kier molecular flexibility index (Phi) is 10.9. The van der Waals surface area contributed by atoms with E-state index >= 15 is 0 Å². The molecule has 0 saturated carbocycles. The number of likely N-dealkylation sites (N-methyl/N-ethyl adjacent to an activating group) is 1. The number of hydrogen-bond acceptors (Lipinski definition) is 9. The van der Waals surface area contributed by atoms with Crippen LogP contribution in [0.1, 0.15) is 61.3 Å². The Balaban J connectivity index is 1.35. The van der Waals surface area contributed by atoms with Gasteiger partial charge in [0.05, 0.1) is 18.3 Å². The van der Waals surface area contributed by atoms with Gasteiger partial charge >= 0.3 is 6.09 Å². The van der Waals surface area contributed by atoms with Crippen LogP contribution in [0, 0.1) is 5.41 Å². The van der Waals surface area contributed by atoms with E-state index in [1.807, 2.05) is 63.2 Å². The van der Waals surface area contributed by atoms with Gasteiger partial charge in [-0.2, -0.15) is 0 Å². The molecular weight excluding hydrogens is 662 g/mol. The van der Waals surface area contributed by atoms with Crippen LogP contribution in [0.4, 0.5) is 22.0 Å². The normalized spacial score (nSPS) is 15.9. The maximum absolute atomic E-state index is 14.2. The average Bonchev–Trinajstić information content (AvgIpc) is 3.59. The van der Waals surface area contributed by atoms with Crippen molar-refractivity contribution in [1.82, 2.24) is 25.1 Å². The van der Waals surface area contributed by atoms with Crippen LogP contribution >= 0.6 is 0 Å². The van der Waals surface area contributed by atoms with Gasteiger partial charge in [0.2, 0.25) is 17.7 Å². The summed E-state index contributed by atoms with van der Waals surface area (Å²) < 4.78 is 11.1. The lowest BCUT2D eigenvalue weighted by Gasteiger charge is -2.36. The SMILES string of the molecule is COc1cc2ncnc(Nc3ccc4ccccc4c3)c2cc1NC(=O)[C@@H]1CCCN1C(=O)[C@@H](NC(=O)[C@H](C)N(C)C(=O)OC(C)(C)C)C(C)(C)C. The van der Waals surface area contributed by atoms with Crippen LogP contribution in [0.5, 0.6) is 5.75 Å². The lowest BCUT2D eigenvalue weighted by atomic mass is 9.85. The molecule has 13 heteroatoms. The summed E-state index contributed by atoms with van der Waals surface area (Å²) in [7, 11) is 2.98. The Morgan fingerprint density at radius 2 is 1.67 bits per heavy atom. The van der Waals surface area contributed by atoms with Crippen molar-refractivity contribution in [3.8, 4) is 5.75 Å². The summed E-state index contributed by atoms with van der Waals surface area (Å²) in [5, 5.41) is 12.1. The number of carbonyl (C=O) groups is 4. The van der Waals surface area contributed by atoms with Gasteiger partial charge in [-0.05, 0) is 74.9 Å². The van der Waals surface area contributed by atoms with Gasteiger partial charge in [0.15, 0.2) is 0 Å². The topological polar surface area (TPSA) is 155 Å². The van der Waals surface area contributed by atoms with Crippen molar-refractivity contribution in [3.63, 3.8) is 0 Å². The highest BCUT2D eigenvalue weighted by Gasteiger charge is 2.43. The van der Waals surface area contributed by atoms with Crippen LogP contribution in [-0.2, 0) is 19.1 Å². The fourth-order valence-corrected chi connectivity index (χ4v) is 6.12. The zero-order chi connectivity index (χ0) is 38.0. The number of nitrogens with zero attached hydrogens (tertiary/aromatic N) is 4. The van der Waals surface area contributed by atoms with Crippen LogP contribution < -0.4 is 20.7 Å². The van der Waals surface area contributed by atoms with Crippen molar-refractivity contribution in [2.45, 2.75) is 85.0 Å². The first kappa shape index (κ1) is 37.8. The molecule has 3 N–H and O–H groups in total. The summed E-state index contributed by atoms with van der Waals surface area (Å²) in [6.45, 7) is 12.7. The maximum atomic E-state index is 14.2. The first-order valence-corrected chi connectivity index (χ1v) is 17.4. The van der Waals surface area contributed by atoms with Crippen molar-refractivity contribution in [1.29, 1.82) is 0 Å². The monoisotopic (exact) mass is 711 g/mol. The van der Waals surface area contributed by atoms with Gasteiger partial charge < -0.3 is 30.3 Å². The highest BCUT2D eigenvalue weighted by atomic mass is 16.6. The van der Waals surface area contributed by atoms with Crippen molar-refractivity contribution < 1.29 is 28.7 Å². The predicted octanol–water partition coefficient (Wildman–Crippen LogP) is 6.25. The lowest BCUT2D eigenvalue weighted by molar-refractivity contribution is -0.143. The fraction of sp³-hybridized carbons (Fsp3) is 0.436. The van der Waals surface area contributed by atoms with Gasteiger partial charge in [0, 0.05) is 30.7 Å². The summed E-state index contributed by atoms with van der Waals surface area (Å²) >= 11 is 0. The van der Waals surface area contributed by atoms with Crippen molar-refractivity contribution in [2.24, 2.45) is 5.41 Å². The van der Waals surface area contributed by atoms with Gasteiger partial charge in [-0.3, -0.25) is 19.3 Å². The molecule has 1 aromatic heterocycles. The third-order valence-electron chi connectivity index (χ3n) is 9.11. The minimum atomic E-state index is -0.973. The van der Waals surface area contributed by atoms with E-state index in [2.05, 4.69) is 25.9 Å². The molecule has 1 aliphatic rings. The molecule has 2 heterocycles. The first-order chi connectivity index (χ1) is 24.5. The summed E-state index contributed by atoms with van der Waals surface area (Å²) in [4.78, 5) is 65.9. The Hall–Kier alpha value is -5.46. The fourth-order valence-electron chi connectivity index (χ4n) is 6.12. The van der Waals surface area contributed by atoms with Gasteiger partial charge in [-0.15, -0.1) is 0 Å². The Bertz CT molecular complexity index is 1990. The number of ether oxygens (including phenoxy) is 2. The number of benzene rings is 3.